The van der Waals surface area contributed by atoms with E-state index in [1.165, 1.54) is 0 Å². The maximum Gasteiger partial charge on any atom is 0.227 e. The molecule has 0 aliphatic heterocycles. The number of anilines is 1. The summed E-state index contributed by atoms with van der Waals surface area (Å²) in [4.78, 5) is 12.3. The molecule has 0 heterocycles. The SMILES string of the molecule is COC(C)c1cccc(NC(=O)[C@@H]2CCC[C@@H]2CN)c1. The first-order chi connectivity index (χ1) is 9.65. The van der Waals surface area contributed by atoms with Crippen LogP contribution in [0.3, 0.4) is 0 Å². The largest absolute Gasteiger partial charge is 0.377 e. The molecule has 0 radical (unpaired) electrons. The van der Waals surface area contributed by atoms with E-state index in [2.05, 4.69) is 5.32 Å². The number of hydrogen-bond donors (Lipinski definition) is 2. The van der Waals surface area contributed by atoms with Crippen LogP contribution < -0.4 is 11.1 Å². The van der Waals surface area contributed by atoms with E-state index in [1.54, 1.807) is 7.11 Å². The molecule has 4 heteroatoms. The van der Waals surface area contributed by atoms with E-state index in [4.69, 9.17) is 10.5 Å². The summed E-state index contributed by atoms with van der Waals surface area (Å²) in [6.45, 7) is 2.58. The van der Waals surface area contributed by atoms with Crippen LogP contribution >= 0.6 is 0 Å². The summed E-state index contributed by atoms with van der Waals surface area (Å²) in [5.74, 6) is 0.486. The Morgan fingerprint density at radius 1 is 1.50 bits per heavy atom. The highest BCUT2D eigenvalue weighted by molar-refractivity contribution is 5.93. The van der Waals surface area contributed by atoms with Crippen LogP contribution in [0.4, 0.5) is 5.69 Å². The molecule has 20 heavy (non-hydrogen) atoms. The predicted octanol–water partition coefficient (Wildman–Crippen LogP) is 2.71. The first kappa shape index (κ1) is 15.0. The quantitative estimate of drug-likeness (QED) is 0.869. The summed E-state index contributed by atoms with van der Waals surface area (Å²) in [7, 11) is 1.68. The standard InChI is InChI=1S/C16H24N2O2/c1-11(20-2)12-5-3-7-14(9-12)18-16(19)15-8-4-6-13(15)10-17/h3,5,7,9,11,13,15H,4,6,8,10,17H2,1-2H3,(H,18,19)/t11?,13-,15-/m1/s1. The lowest BCUT2D eigenvalue weighted by Crippen LogP contribution is -2.29. The summed E-state index contributed by atoms with van der Waals surface area (Å²) < 4.78 is 5.30. The molecule has 3 N–H and O–H groups in total. The van der Waals surface area contributed by atoms with Gasteiger partial charge in [-0.2, -0.15) is 0 Å². The van der Waals surface area contributed by atoms with Gasteiger partial charge in [-0.1, -0.05) is 18.6 Å². The molecule has 1 saturated carbocycles. The lowest BCUT2D eigenvalue weighted by atomic mass is 9.95. The zero-order valence-electron chi connectivity index (χ0n) is 12.3. The summed E-state index contributed by atoms with van der Waals surface area (Å²) in [5.41, 5.74) is 7.64. The van der Waals surface area contributed by atoms with Crippen LogP contribution in [-0.4, -0.2) is 19.6 Å². The predicted molar refractivity (Wildman–Crippen MR) is 80.4 cm³/mol. The van der Waals surface area contributed by atoms with Crippen LogP contribution in [-0.2, 0) is 9.53 Å². The second kappa shape index (κ2) is 6.86. The highest BCUT2D eigenvalue weighted by atomic mass is 16.5. The molecular weight excluding hydrogens is 252 g/mol. The lowest BCUT2D eigenvalue weighted by Gasteiger charge is -2.18. The molecular formula is C16H24N2O2. The summed E-state index contributed by atoms with van der Waals surface area (Å²) >= 11 is 0. The van der Waals surface area contributed by atoms with Gasteiger partial charge in [0.25, 0.3) is 0 Å². The van der Waals surface area contributed by atoms with E-state index in [1.807, 2.05) is 31.2 Å². The average Bonchev–Trinajstić information content (AvgIpc) is 2.95. The average molecular weight is 276 g/mol. The van der Waals surface area contributed by atoms with Crippen molar-refractivity contribution in [1.82, 2.24) is 0 Å². The Morgan fingerprint density at radius 3 is 3.00 bits per heavy atom. The van der Waals surface area contributed by atoms with Gasteiger partial charge < -0.3 is 15.8 Å². The first-order valence-electron chi connectivity index (χ1n) is 7.29. The number of ether oxygens (including phenoxy) is 1. The van der Waals surface area contributed by atoms with Crippen molar-refractivity contribution in [1.29, 1.82) is 0 Å². The molecule has 3 atom stereocenters. The molecule has 0 bridgehead atoms. The Morgan fingerprint density at radius 2 is 2.30 bits per heavy atom. The van der Waals surface area contributed by atoms with Crippen LogP contribution in [0.25, 0.3) is 0 Å². The van der Waals surface area contributed by atoms with E-state index >= 15 is 0 Å². The fourth-order valence-electron chi connectivity index (χ4n) is 2.90. The van der Waals surface area contributed by atoms with Gasteiger partial charge in [0, 0.05) is 18.7 Å². The molecule has 0 spiro atoms. The molecule has 110 valence electrons. The topological polar surface area (TPSA) is 64.3 Å². The number of benzene rings is 1. The summed E-state index contributed by atoms with van der Waals surface area (Å²) in [5, 5.41) is 3.02. The van der Waals surface area contributed by atoms with Gasteiger partial charge in [-0.25, -0.2) is 0 Å². The number of hydrogen-bond acceptors (Lipinski definition) is 3. The van der Waals surface area contributed by atoms with Gasteiger partial charge in [0.05, 0.1) is 6.10 Å². The van der Waals surface area contributed by atoms with Crippen molar-refractivity contribution in [3.63, 3.8) is 0 Å². The Bertz CT molecular complexity index is 462. The van der Waals surface area contributed by atoms with E-state index in [0.29, 0.717) is 12.5 Å². The third kappa shape index (κ3) is 3.38. The number of rotatable bonds is 5. The number of nitrogens with two attached hydrogens (primary N) is 1. The number of amides is 1. The van der Waals surface area contributed by atoms with Crippen molar-refractivity contribution >= 4 is 11.6 Å². The lowest BCUT2D eigenvalue weighted by molar-refractivity contribution is -0.120. The van der Waals surface area contributed by atoms with Crippen molar-refractivity contribution < 1.29 is 9.53 Å². The molecule has 1 fully saturated rings. The van der Waals surface area contributed by atoms with Crippen molar-refractivity contribution in [2.45, 2.75) is 32.3 Å². The van der Waals surface area contributed by atoms with E-state index in [-0.39, 0.29) is 17.9 Å². The van der Waals surface area contributed by atoms with E-state index in [0.717, 1.165) is 30.5 Å². The van der Waals surface area contributed by atoms with Crippen molar-refractivity contribution in [2.24, 2.45) is 17.6 Å². The minimum absolute atomic E-state index is 0.0233. The fraction of sp³-hybridized carbons (Fsp3) is 0.562. The van der Waals surface area contributed by atoms with Crippen molar-refractivity contribution in [3.8, 4) is 0 Å². The number of nitrogens with one attached hydrogen (secondary N) is 1. The second-order valence-corrected chi connectivity index (χ2v) is 5.53. The molecule has 4 nitrogen and oxygen atoms in total. The van der Waals surface area contributed by atoms with E-state index in [9.17, 15) is 4.79 Å². The molecule has 1 aromatic rings. The molecule has 1 aromatic carbocycles. The third-order valence-corrected chi connectivity index (χ3v) is 4.28. The maximum atomic E-state index is 12.3. The van der Waals surface area contributed by atoms with Crippen LogP contribution in [0.15, 0.2) is 24.3 Å². The molecule has 2 rings (SSSR count). The first-order valence-corrected chi connectivity index (χ1v) is 7.29. The minimum Gasteiger partial charge on any atom is -0.377 e. The van der Waals surface area contributed by atoms with Gasteiger partial charge in [0.1, 0.15) is 0 Å². The number of carbonyl (C=O) groups excluding carboxylic acids is 1. The van der Waals surface area contributed by atoms with Crippen molar-refractivity contribution in [2.75, 3.05) is 19.0 Å². The number of methoxy groups -OCH3 is 1. The monoisotopic (exact) mass is 276 g/mol. The van der Waals surface area contributed by atoms with Crippen LogP contribution in [0, 0.1) is 11.8 Å². The second-order valence-electron chi connectivity index (χ2n) is 5.53. The van der Waals surface area contributed by atoms with Gasteiger partial charge in [0.15, 0.2) is 0 Å². The molecule has 0 aromatic heterocycles. The van der Waals surface area contributed by atoms with Crippen LogP contribution in [0.5, 0.6) is 0 Å². The Hall–Kier alpha value is -1.39. The molecule has 0 saturated heterocycles. The molecule has 1 aliphatic carbocycles. The normalized spacial score (nSPS) is 23.6. The van der Waals surface area contributed by atoms with Gasteiger partial charge in [0.2, 0.25) is 5.91 Å². The van der Waals surface area contributed by atoms with Crippen molar-refractivity contribution in [3.05, 3.63) is 29.8 Å². The molecule has 1 amide bonds. The van der Waals surface area contributed by atoms with Crippen LogP contribution in [0.1, 0.15) is 37.9 Å². The number of carbonyl (C=O) groups is 1. The minimum atomic E-state index is 0.0233. The molecule has 1 unspecified atom stereocenters. The molecule has 1 aliphatic rings. The smallest absolute Gasteiger partial charge is 0.227 e. The Kier molecular flexibility index (Phi) is 5.15. The highest BCUT2D eigenvalue weighted by Gasteiger charge is 2.31. The third-order valence-electron chi connectivity index (χ3n) is 4.28. The highest BCUT2D eigenvalue weighted by Crippen LogP contribution is 2.32. The van der Waals surface area contributed by atoms with Gasteiger partial charge in [-0.15, -0.1) is 0 Å². The van der Waals surface area contributed by atoms with Gasteiger partial charge in [-0.05, 0) is 49.9 Å². The Balaban J connectivity index is 2.04. The summed E-state index contributed by atoms with van der Waals surface area (Å²) in [6.07, 6.45) is 3.13. The maximum absolute atomic E-state index is 12.3. The fourth-order valence-corrected chi connectivity index (χ4v) is 2.90. The van der Waals surface area contributed by atoms with Gasteiger partial charge >= 0.3 is 0 Å². The van der Waals surface area contributed by atoms with Gasteiger partial charge in [-0.3, -0.25) is 4.79 Å². The zero-order valence-corrected chi connectivity index (χ0v) is 12.3. The zero-order chi connectivity index (χ0) is 14.5. The van der Waals surface area contributed by atoms with E-state index < -0.39 is 0 Å². The Labute approximate surface area is 120 Å². The summed E-state index contributed by atoms with van der Waals surface area (Å²) in [6, 6.07) is 7.83. The van der Waals surface area contributed by atoms with Crippen LogP contribution in [0.2, 0.25) is 0 Å².